The molecule has 1 atom stereocenters. The van der Waals surface area contributed by atoms with E-state index in [-0.39, 0.29) is 0 Å². The molecule has 1 aromatic carbocycles. The van der Waals surface area contributed by atoms with Gasteiger partial charge in [-0.2, -0.15) is 0 Å². The van der Waals surface area contributed by atoms with E-state index in [9.17, 15) is 0 Å². The number of halogens is 2. The van der Waals surface area contributed by atoms with Gasteiger partial charge >= 0.3 is 0 Å². The first kappa shape index (κ1) is 13.4. The SMILES string of the molecule is Cc1ccc(CN2CCC(CCBr)C2)c(Cl)c1. The lowest BCUT2D eigenvalue weighted by atomic mass is 10.1. The average Bonchev–Trinajstić information content (AvgIpc) is 2.71. The smallest absolute Gasteiger partial charge is 0.0453 e. The normalized spacial score (nSPS) is 21.0. The Kier molecular flexibility index (Phi) is 4.89. The summed E-state index contributed by atoms with van der Waals surface area (Å²) in [4.78, 5) is 2.52. The van der Waals surface area contributed by atoms with Gasteiger partial charge in [0.15, 0.2) is 0 Å². The Morgan fingerprint density at radius 2 is 2.29 bits per heavy atom. The van der Waals surface area contributed by atoms with Gasteiger partial charge in [-0.15, -0.1) is 0 Å². The van der Waals surface area contributed by atoms with Gasteiger partial charge in [-0.3, -0.25) is 4.90 Å². The maximum absolute atomic E-state index is 6.27. The van der Waals surface area contributed by atoms with Crippen LogP contribution >= 0.6 is 27.5 Å². The summed E-state index contributed by atoms with van der Waals surface area (Å²) in [7, 11) is 0. The van der Waals surface area contributed by atoms with Crippen LogP contribution < -0.4 is 0 Å². The Balaban J connectivity index is 1.93. The zero-order valence-electron chi connectivity index (χ0n) is 10.3. The van der Waals surface area contributed by atoms with E-state index in [0.29, 0.717) is 0 Å². The molecule has 1 aliphatic rings. The first-order valence-electron chi connectivity index (χ1n) is 6.22. The molecule has 1 unspecified atom stereocenters. The third-order valence-corrected chi connectivity index (χ3v) is 4.30. The number of rotatable bonds is 4. The van der Waals surface area contributed by atoms with Gasteiger partial charge < -0.3 is 0 Å². The van der Waals surface area contributed by atoms with Crippen LogP contribution in [0.15, 0.2) is 18.2 Å². The standard InChI is InChI=1S/C14H19BrClN/c1-11-2-3-13(14(16)8-11)10-17-7-5-12(9-17)4-6-15/h2-3,8,12H,4-7,9-10H2,1H3. The Morgan fingerprint density at radius 1 is 1.47 bits per heavy atom. The summed E-state index contributed by atoms with van der Waals surface area (Å²) < 4.78 is 0. The molecule has 1 saturated heterocycles. The van der Waals surface area contributed by atoms with Gasteiger partial charge in [-0.25, -0.2) is 0 Å². The zero-order chi connectivity index (χ0) is 12.3. The molecule has 0 aliphatic carbocycles. The molecule has 1 aliphatic heterocycles. The van der Waals surface area contributed by atoms with Gasteiger partial charge in [0, 0.05) is 23.4 Å². The molecule has 1 heterocycles. The quantitative estimate of drug-likeness (QED) is 0.750. The molecule has 2 rings (SSSR count). The maximum atomic E-state index is 6.27. The van der Waals surface area contributed by atoms with Crippen molar-refractivity contribution >= 4 is 27.5 Å². The third kappa shape index (κ3) is 3.70. The lowest BCUT2D eigenvalue weighted by Gasteiger charge is -2.17. The minimum absolute atomic E-state index is 0.860. The van der Waals surface area contributed by atoms with Crippen LogP contribution in [0.2, 0.25) is 5.02 Å². The van der Waals surface area contributed by atoms with Crippen molar-refractivity contribution in [2.45, 2.75) is 26.3 Å². The van der Waals surface area contributed by atoms with Crippen LogP contribution in [0.5, 0.6) is 0 Å². The molecule has 17 heavy (non-hydrogen) atoms. The van der Waals surface area contributed by atoms with Crippen LogP contribution in [0, 0.1) is 12.8 Å². The highest BCUT2D eigenvalue weighted by atomic mass is 79.9. The average molecular weight is 317 g/mol. The second-order valence-electron chi connectivity index (χ2n) is 4.96. The van der Waals surface area contributed by atoms with E-state index in [1.54, 1.807) is 0 Å². The van der Waals surface area contributed by atoms with E-state index < -0.39 is 0 Å². The summed E-state index contributed by atoms with van der Waals surface area (Å²) in [5.74, 6) is 0.860. The van der Waals surface area contributed by atoms with Gasteiger partial charge in [0.1, 0.15) is 0 Å². The monoisotopic (exact) mass is 315 g/mol. The van der Waals surface area contributed by atoms with E-state index in [4.69, 9.17) is 11.6 Å². The van der Waals surface area contributed by atoms with Crippen LogP contribution in [0.3, 0.4) is 0 Å². The summed E-state index contributed by atoms with van der Waals surface area (Å²) in [6, 6.07) is 6.37. The summed E-state index contributed by atoms with van der Waals surface area (Å²) in [6.45, 7) is 5.51. The van der Waals surface area contributed by atoms with Crippen LogP contribution in [-0.4, -0.2) is 23.3 Å². The zero-order valence-corrected chi connectivity index (χ0v) is 12.6. The predicted octanol–water partition coefficient (Wildman–Crippen LogP) is 4.26. The predicted molar refractivity (Wildman–Crippen MR) is 78.0 cm³/mol. The van der Waals surface area contributed by atoms with Crippen LogP contribution in [0.1, 0.15) is 24.0 Å². The van der Waals surface area contributed by atoms with E-state index in [1.165, 1.54) is 37.1 Å². The highest BCUT2D eigenvalue weighted by Gasteiger charge is 2.22. The van der Waals surface area contributed by atoms with Crippen LogP contribution in [-0.2, 0) is 6.54 Å². The molecule has 1 nitrogen and oxygen atoms in total. The Hall–Kier alpha value is -0.0500. The second kappa shape index (κ2) is 6.21. The van der Waals surface area contributed by atoms with E-state index in [2.05, 4.69) is 46.0 Å². The topological polar surface area (TPSA) is 3.24 Å². The van der Waals surface area contributed by atoms with Gasteiger partial charge in [-0.1, -0.05) is 39.7 Å². The molecular formula is C14H19BrClN. The highest BCUT2D eigenvalue weighted by Crippen LogP contribution is 2.25. The van der Waals surface area contributed by atoms with Gasteiger partial charge in [0.05, 0.1) is 0 Å². The molecule has 0 aromatic heterocycles. The number of benzene rings is 1. The number of hydrogen-bond donors (Lipinski definition) is 0. The largest absolute Gasteiger partial charge is 0.299 e. The fourth-order valence-corrected chi connectivity index (χ4v) is 3.41. The van der Waals surface area contributed by atoms with Gasteiger partial charge in [0.25, 0.3) is 0 Å². The number of aryl methyl sites for hydroxylation is 1. The molecule has 3 heteroatoms. The number of nitrogens with zero attached hydrogens (tertiary/aromatic N) is 1. The molecular weight excluding hydrogens is 298 g/mol. The molecule has 0 spiro atoms. The third-order valence-electron chi connectivity index (χ3n) is 3.49. The molecule has 94 valence electrons. The number of alkyl halides is 1. The van der Waals surface area contributed by atoms with E-state index >= 15 is 0 Å². The van der Waals surface area contributed by atoms with Gasteiger partial charge in [0.2, 0.25) is 0 Å². The summed E-state index contributed by atoms with van der Waals surface area (Å²) in [6.07, 6.45) is 2.62. The lowest BCUT2D eigenvalue weighted by Crippen LogP contribution is -2.20. The number of hydrogen-bond acceptors (Lipinski definition) is 1. The van der Waals surface area contributed by atoms with Crippen molar-refractivity contribution in [1.82, 2.24) is 4.90 Å². The lowest BCUT2D eigenvalue weighted by molar-refractivity contribution is 0.315. The first-order valence-corrected chi connectivity index (χ1v) is 7.72. The van der Waals surface area contributed by atoms with E-state index in [1.807, 2.05) is 0 Å². The summed E-state index contributed by atoms with van der Waals surface area (Å²) in [5.41, 5.74) is 2.49. The van der Waals surface area contributed by atoms with Crippen molar-refractivity contribution < 1.29 is 0 Å². The van der Waals surface area contributed by atoms with Gasteiger partial charge in [-0.05, 0) is 49.4 Å². The molecule has 0 amide bonds. The van der Waals surface area contributed by atoms with Crippen molar-refractivity contribution in [2.75, 3.05) is 18.4 Å². The Labute approximate surface area is 117 Å². The fourth-order valence-electron chi connectivity index (χ4n) is 2.47. The molecule has 0 N–H and O–H groups in total. The van der Waals surface area contributed by atoms with Crippen molar-refractivity contribution in [2.24, 2.45) is 5.92 Å². The van der Waals surface area contributed by atoms with Crippen molar-refractivity contribution in [3.8, 4) is 0 Å². The minimum atomic E-state index is 0.860. The van der Waals surface area contributed by atoms with E-state index in [0.717, 1.165) is 22.8 Å². The highest BCUT2D eigenvalue weighted by molar-refractivity contribution is 9.09. The first-order chi connectivity index (χ1) is 8.19. The molecule has 0 saturated carbocycles. The number of likely N-dealkylation sites (tertiary alicyclic amines) is 1. The van der Waals surface area contributed by atoms with Crippen LogP contribution in [0.4, 0.5) is 0 Å². The molecule has 0 bridgehead atoms. The maximum Gasteiger partial charge on any atom is 0.0453 e. The van der Waals surface area contributed by atoms with Crippen LogP contribution in [0.25, 0.3) is 0 Å². The molecule has 1 fully saturated rings. The molecule has 0 radical (unpaired) electrons. The summed E-state index contributed by atoms with van der Waals surface area (Å²) >= 11 is 9.80. The summed E-state index contributed by atoms with van der Waals surface area (Å²) in [5, 5.41) is 2.03. The van der Waals surface area contributed by atoms with Crippen molar-refractivity contribution in [1.29, 1.82) is 0 Å². The Morgan fingerprint density at radius 3 is 3.00 bits per heavy atom. The van der Waals surface area contributed by atoms with Crippen molar-refractivity contribution in [3.05, 3.63) is 34.3 Å². The molecule has 1 aromatic rings. The minimum Gasteiger partial charge on any atom is -0.299 e. The fraction of sp³-hybridized carbons (Fsp3) is 0.571. The van der Waals surface area contributed by atoms with Crippen molar-refractivity contribution in [3.63, 3.8) is 0 Å². The second-order valence-corrected chi connectivity index (χ2v) is 6.16. The Bertz CT molecular complexity index is 380.